The summed E-state index contributed by atoms with van der Waals surface area (Å²) in [4.78, 5) is 52.1. The zero-order valence-corrected chi connectivity index (χ0v) is 18.9. The topological polar surface area (TPSA) is 96.3 Å². The van der Waals surface area contributed by atoms with Crippen molar-refractivity contribution in [2.45, 2.75) is 13.3 Å². The van der Waals surface area contributed by atoms with Gasteiger partial charge in [0.25, 0.3) is 17.7 Å². The third-order valence-corrected chi connectivity index (χ3v) is 6.00. The van der Waals surface area contributed by atoms with Gasteiger partial charge in [-0.25, -0.2) is 14.7 Å². The lowest BCUT2D eigenvalue weighted by atomic mass is 10.1. The maximum atomic E-state index is 13.0. The number of amides is 3. The molecule has 0 unspecified atom stereocenters. The SMILES string of the molecule is Cc1ccccc1N1C(=O)c2ccc(C(=O)OCC(=O)N3CCC(c4ccccc4)=N3)cc2C1=O. The third-order valence-electron chi connectivity index (χ3n) is 6.00. The van der Waals surface area contributed by atoms with Gasteiger partial charge in [-0.3, -0.25) is 14.4 Å². The molecule has 0 bridgehead atoms. The number of carbonyl (C=O) groups excluding carboxylic acids is 4. The van der Waals surface area contributed by atoms with Crippen molar-refractivity contribution in [1.82, 2.24) is 5.01 Å². The first-order valence-corrected chi connectivity index (χ1v) is 11.1. The zero-order valence-electron chi connectivity index (χ0n) is 18.9. The van der Waals surface area contributed by atoms with Crippen LogP contribution in [0.15, 0.2) is 77.9 Å². The molecule has 0 atom stereocenters. The number of benzene rings is 3. The molecule has 2 heterocycles. The molecule has 35 heavy (non-hydrogen) atoms. The number of ether oxygens (including phenoxy) is 1. The van der Waals surface area contributed by atoms with Crippen LogP contribution in [0, 0.1) is 6.92 Å². The number of hydrogen-bond donors (Lipinski definition) is 0. The van der Waals surface area contributed by atoms with E-state index in [1.54, 1.807) is 12.1 Å². The van der Waals surface area contributed by atoms with E-state index in [1.807, 2.05) is 49.4 Å². The Morgan fingerprint density at radius 2 is 1.63 bits per heavy atom. The quantitative estimate of drug-likeness (QED) is 0.422. The normalized spacial score (nSPS) is 14.7. The Bertz CT molecular complexity index is 1400. The molecule has 0 fully saturated rings. The van der Waals surface area contributed by atoms with Crippen LogP contribution >= 0.6 is 0 Å². The summed E-state index contributed by atoms with van der Waals surface area (Å²) in [5.41, 5.74) is 3.43. The lowest BCUT2D eigenvalue weighted by molar-refractivity contribution is -0.134. The van der Waals surface area contributed by atoms with Crippen molar-refractivity contribution >= 4 is 35.1 Å². The zero-order chi connectivity index (χ0) is 24.5. The van der Waals surface area contributed by atoms with Gasteiger partial charge in [0.2, 0.25) is 0 Å². The fourth-order valence-electron chi connectivity index (χ4n) is 4.16. The van der Waals surface area contributed by atoms with Crippen LogP contribution in [-0.2, 0) is 9.53 Å². The van der Waals surface area contributed by atoms with Gasteiger partial charge in [0, 0.05) is 6.42 Å². The average molecular weight is 467 g/mol. The van der Waals surface area contributed by atoms with Crippen LogP contribution in [0.2, 0.25) is 0 Å². The third kappa shape index (κ3) is 4.10. The van der Waals surface area contributed by atoms with Crippen LogP contribution in [-0.4, -0.2) is 47.6 Å². The summed E-state index contributed by atoms with van der Waals surface area (Å²) < 4.78 is 5.19. The number of anilines is 1. The highest BCUT2D eigenvalue weighted by Crippen LogP contribution is 2.31. The number of nitrogens with zero attached hydrogens (tertiary/aromatic N) is 3. The molecule has 2 aliphatic rings. The van der Waals surface area contributed by atoms with Crippen LogP contribution in [0.5, 0.6) is 0 Å². The molecule has 8 heteroatoms. The summed E-state index contributed by atoms with van der Waals surface area (Å²) in [7, 11) is 0. The van der Waals surface area contributed by atoms with E-state index in [0.717, 1.165) is 21.7 Å². The number of aryl methyl sites for hydroxylation is 1. The minimum absolute atomic E-state index is 0.0826. The Kier molecular flexibility index (Phi) is 5.70. The fraction of sp³-hybridized carbons (Fsp3) is 0.148. The molecular weight excluding hydrogens is 446 g/mol. The monoisotopic (exact) mass is 467 g/mol. The van der Waals surface area contributed by atoms with Gasteiger partial charge < -0.3 is 4.74 Å². The number of esters is 1. The van der Waals surface area contributed by atoms with Crippen LogP contribution in [0.3, 0.4) is 0 Å². The maximum Gasteiger partial charge on any atom is 0.338 e. The molecule has 0 radical (unpaired) electrons. The second-order valence-electron chi connectivity index (χ2n) is 8.25. The van der Waals surface area contributed by atoms with Crippen molar-refractivity contribution in [3.8, 4) is 0 Å². The largest absolute Gasteiger partial charge is 0.452 e. The van der Waals surface area contributed by atoms with Crippen molar-refractivity contribution < 1.29 is 23.9 Å². The van der Waals surface area contributed by atoms with Crippen molar-refractivity contribution in [1.29, 1.82) is 0 Å². The maximum absolute atomic E-state index is 13.0. The first-order valence-electron chi connectivity index (χ1n) is 11.1. The van der Waals surface area contributed by atoms with E-state index in [-0.39, 0.29) is 16.7 Å². The second kappa shape index (κ2) is 8.98. The van der Waals surface area contributed by atoms with E-state index < -0.39 is 30.3 Å². The Balaban J connectivity index is 1.26. The molecule has 174 valence electrons. The Labute approximate surface area is 201 Å². The van der Waals surface area contributed by atoms with Gasteiger partial charge in [0.15, 0.2) is 6.61 Å². The highest BCUT2D eigenvalue weighted by atomic mass is 16.5. The number of hydrogen-bond acceptors (Lipinski definition) is 6. The standard InChI is InChI=1S/C27H21N3O5/c1-17-7-5-6-10-23(17)30-25(32)20-12-11-19(15-21(20)26(30)33)27(34)35-16-24(31)29-14-13-22(28-29)18-8-3-2-4-9-18/h2-12,15H,13-14,16H2,1H3. The van der Waals surface area contributed by atoms with Gasteiger partial charge >= 0.3 is 5.97 Å². The predicted molar refractivity (Wildman–Crippen MR) is 128 cm³/mol. The van der Waals surface area contributed by atoms with Crippen molar-refractivity contribution in [3.63, 3.8) is 0 Å². The van der Waals surface area contributed by atoms with E-state index >= 15 is 0 Å². The second-order valence-corrected chi connectivity index (χ2v) is 8.25. The minimum Gasteiger partial charge on any atom is -0.452 e. The number of fused-ring (bicyclic) bond motifs is 1. The summed E-state index contributed by atoms with van der Waals surface area (Å²) in [5.74, 6) is -2.16. The molecule has 3 aromatic carbocycles. The summed E-state index contributed by atoms with van der Waals surface area (Å²) in [5, 5.41) is 5.63. The molecule has 0 saturated heterocycles. The number of hydrazone groups is 1. The highest BCUT2D eigenvalue weighted by molar-refractivity contribution is 6.35. The summed E-state index contributed by atoms with van der Waals surface area (Å²) in [6.07, 6.45) is 0.613. The fourth-order valence-corrected chi connectivity index (χ4v) is 4.16. The molecule has 0 N–H and O–H groups in total. The molecule has 0 saturated carbocycles. The van der Waals surface area contributed by atoms with Gasteiger partial charge in [-0.1, -0.05) is 48.5 Å². The van der Waals surface area contributed by atoms with Gasteiger partial charge in [0.05, 0.1) is 34.6 Å². The van der Waals surface area contributed by atoms with Gasteiger partial charge in [0.1, 0.15) is 0 Å². The van der Waals surface area contributed by atoms with Gasteiger partial charge in [-0.15, -0.1) is 0 Å². The summed E-state index contributed by atoms with van der Waals surface area (Å²) in [6, 6.07) is 20.8. The van der Waals surface area contributed by atoms with E-state index in [4.69, 9.17) is 4.74 Å². The van der Waals surface area contributed by atoms with Gasteiger partial charge in [-0.2, -0.15) is 5.10 Å². The van der Waals surface area contributed by atoms with E-state index in [2.05, 4.69) is 5.10 Å². The first-order chi connectivity index (χ1) is 16.9. The van der Waals surface area contributed by atoms with Crippen LogP contribution in [0.4, 0.5) is 5.69 Å². The molecular formula is C27H21N3O5. The predicted octanol–water partition coefficient (Wildman–Crippen LogP) is 3.59. The van der Waals surface area contributed by atoms with Gasteiger partial charge in [-0.05, 0) is 42.3 Å². The summed E-state index contributed by atoms with van der Waals surface area (Å²) in [6.45, 7) is 1.74. The number of para-hydroxylation sites is 1. The van der Waals surface area contributed by atoms with Crippen LogP contribution in [0.25, 0.3) is 0 Å². The van der Waals surface area contributed by atoms with Crippen molar-refractivity contribution in [3.05, 3.63) is 101 Å². The molecule has 8 nitrogen and oxygen atoms in total. The lowest BCUT2D eigenvalue weighted by Gasteiger charge is -2.16. The van der Waals surface area contributed by atoms with Crippen molar-refractivity contribution in [2.75, 3.05) is 18.1 Å². The molecule has 0 aromatic heterocycles. The Hall–Kier alpha value is -4.59. The molecule has 0 aliphatic carbocycles. The van der Waals surface area contributed by atoms with E-state index in [1.165, 1.54) is 23.2 Å². The molecule has 3 amide bonds. The number of rotatable bonds is 5. The van der Waals surface area contributed by atoms with E-state index in [9.17, 15) is 19.2 Å². The highest BCUT2D eigenvalue weighted by Gasteiger charge is 2.38. The van der Waals surface area contributed by atoms with E-state index in [0.29, 0.717) is 18.7 Å². The Morgan fingerprint density at radius 3 is 2.40 bits per heavy atom. The number of carbonyl (C=O) groups is 4. The average Bonchev–Trinajstić information content (AvgIpc) is 3.47. The van der Waals surface area contributed by atoms with Crippen LogP contribution < -0.4 is 4.90 Å². The molecule has 5 rings (SSSR count). The lowest BCUT2D eigenvalue weighted by Crippen LogP contribution is -2.30. The minimum atomic E-state index is -0.762. The molecule has 3 aromatic rings. The molecule has 0 spiro atoms. The molecule has 2 aliphatic heterocycles. The van der Waals surface area contributed by atoms with Crippen molar-refractivity contribution in [2.24, 2.45) is 5.10 Å². The Morgan fingerprint density at radius 1 is 0.914 bits per heavy atom. The summed E-state index contributed by atoms with van der Waals surface area (Å²) >= 11 is 0. The first kappa shape index (κ1) is 22.2. The van der Waals surface area contributed by atoms with Crippen LogP contribution in [0.1, 0.15) is 48.6 Å². The smallest absolute Gasteiger partial charge is 0.338 e. The number of imide groups is 1.